The second-order valence-corrected chi connectivity index (χ2v) is 5.55. The first-order chi connectivity index (χ1) is 11.3. The molecule has 0 bridgehead atoms. The van der Waals surface area contributed by atoms with Gasteiger partial charge in [-0.3, -0.25) is 4.98 Å². The molecule has 1 aliphatic heterocycles. The fraction of sp³-hybridized carbons (Fsp3) is 0.250. The van der Waals surface area contributed by atoms with Crippen LogP contribution in [0.3, 0.4) is 0 Å². The smallest absolute Gasteiger partial charge is 0.173 e. The molecule has 1 aliphatic rings. The van der Waals surface area contributed by atoms with Crippen LogP contribution in [0.5, 0.6) is 0 Å². The molecule has 0 spiro atoms. The summed E-state index contributed by atoms with van der Waals surface area (Å²) in [6, 6.07) is 9.44. The number of anilines is 2. The molecule has 1 N–H and O–H groups in total. The van der Waals surface area contributed by atoms with E-state index < -0.39 is 0 Å². The topological polar surface area (TPSA) is 68.1 Å². The minimum absolute atomic E-state index is 0.616. The van der Waals surface area contributed by atoms with Crippen molar-refractivity contribution in [1.29, 1.82) is 5.26 Å². The van der Waals surface area contributed by atoms with Crippen molar-refractivity contribution in [2.24, 2.45) is 0 Å². The van der Waals surface area contributed by atoms with Crippen molar-refractivity contribution in [2.75, 3.05) is 36.4 Å². The van der Waals surface area contributed by atoms with Gasteiger partial charge in [0.2, 0.25) is 0 Å². The van der Waals surface area contributed by atoms with Gasteiger partial charge in [-0.25, -0.2) is 4.98 Å². The molecule has 1 aromatic carbocycles. The molecule has 0 unspecified atom stereocenters. The summed E-state index contributed by atoms with van der Waals surface area (Å²) in [6.45, 7) is 3.33. The molecule has 7 heteroatoms. The lowest BCUT2D eigenvalue weighted by molar-refractivity contribution is 0.389. The SMILES string of the molecule is N#Cc1cccc(NC(=S)N2CCN(c3cnccn3)CC2)c1. The Bertz CT molecular complexity index is 719. The van der Waals surface area contributed by atoms with E-state index in [9.17, 15) is 0 Å². The molecule has 1 saturated heterocycles. The second-order valence-electron chi connectivity index (χ2n) is 5.16. The van der Waals surface area contributed by atoms with Crippen LogP contribution in [-0.4, -0.2) is 46.2 Å². The van der Waals surface area contributed by atoms with Crippen LogP contribution in [0.2, 0.25) is 0 Å². The first-order valence-corrected chi connectivity index (χ1v) is 7.74. The van der Waals surface area contributed by atoms with E-state index in [0.717, 1.165) is 37.7 Å². The minimum Gasteiger partial charge on any atom is -0.352 e. The molecule has 0 aliphatic carbocycles. The normalized spacial score (nSPS) is 14.2. The summed E-state index contributed by atoms with van der Waals surface area (Å²) in [7, 11) is 0. The molecule has 6 nitrogen and oxygen atoms in total. The van der Waals surface area contributed by atoms with Gasteiger partial charge in [0.05, 0.1) is 17.8 Å². The van der Waals surface area contributed by atoms with Gasteiger partial charge < -0.3 is 15.1 Å². The lowest BCUT2D eigenvalue weighted by Gasteiger charge is -2.36. The van der Waals surface area contributed by atoms with E-state index >= 15 is 0 Å². The van der Waals surface area contributed by atoms with Gasteiger partial charge in [0, 0.05) is 44.3 Å². The van der Waals surface area contributed by atoms with E-state index in [-0.39, 0.29) is 0 Å². The largest absolute Gasteiger partial charge is 0.352 e. The Balaban J connectivity index is 1.57. The third-order valence-electron chi connectivity index (χ3n) is 3.68. The highest BCUT2D eigenvalue weighted by Gasteiger charge is 2.20. The number of aromatic nitrogens is 2. The molecule has 116 valence electrons. The third-order valence-corrected chi connectivity index (χ3v) is 4.04. The van der Waals surface area contributed by atoms with Crippen molar-refractivity contribution in [3.05, 3.63) is 48.4 Å². The predicted molar refractivity (Wildman–Crippen MR) is 93.2 cm³/mol. The molecule has 3 rings (SSSR count). The standard InChI is InChI=1S/C16H16N6S/c17-11-13-2-1-3-14(10-13)20-16(23)22-8-6-21(7-9-22)15-12-18-4-5-19-15/h1-5,10,12H,6-9H2,(H,20,23). The van der Waals surface area contributed by atoms with E-state index in [1.54, 1.807) is 30.7 Å². The zero-order chi connectivity index (χ0) is 16.1. The van der Waals surface area contributed by atoms with Crippen molar-refractivity contribution >= 4 is 28.8 Å². The molecule has 2 aromatic rings. The van der Waals surface area contributed by atoms with Crippen LogP contribution in [0.1, 0.15) is 5.56 Å². The monoisotopic (exact) mass is 324 g/mol. The van der Waals surface area contributed by atoms with E-state index in [1.807, 2.05) is 12.1 Å². The van der Waals surface area contributed by atoms with Crippen LogP contribution in [0.4, 0.5) is 11.5 Å². The van der Waals surface area contributed by atoms with Crippen molar-refractivity contribution in [3.8, 4) is 6.07 Å². The number of thiocarbonyl (C=S) groups is 1. The quantitative estimate of drug-likeness (QED) is 0.846. The number of nitrogens with zero attached hydrogens (tertiary/aromatic N) is 5. The number of nitrogens with one attached hydrogen (secondary N) is 1. The Morgan fingerprint density at radius 3 is 2.74 bits per heavy atom. The minimum atomic E-state index is 0.616. The lowest BCUT2D eigenvalue weighted by Crippen LogP contribution is -2.50. The summed E-state index contributed by atoms with van der Waals surface area (Å²) in [5.74, 6) is 0.896. The van der Waals surface area contributed by atoms with Crippen molar-refractivity contribution in [3.63, 3.8) is 0 Å². The number of nitriles is 1. The van der Waals surface area contributed by atoms with Gasteiger partial charge in [-0.15, -0.1) is 0 Å². The molecule has 1 aromatic heterocycles. The first-order valence-electron chi connectivity index (χ1n) is 7.33. The van der Waals surface area contributed by atoms with E-state index in [4.69, 9.17) is 17.5 Å². The molecule has 0 saturated carbocycles. The number of hydrogen-bond acceptors (Lipinski definition) is 5. The Morgan fingerprint density at radius 1 is 1.22 bits per heavy atom. The van der Waals surface area contributed by atoms with Crippen LogP contribution in [0.25, 0.3) is 0 Å². The zero-order valence-electron chi connectivity index (χ0n) is 12.5. The Labute approximate surface area is 140 Å². The van der Waals surface area contributed by atoms with Gasteiger partial charge in [-0.1, -0.05) is 6.07 Å². The van der Waals surface area contributed by atoms with Crippen LogP contribution < -0.4 is 10.2 Å². The number of benzene rings is 1. The van der Waals surface area contributed by atoms with Gasteiger partial charge in [-0.2, -0.15) is 5.26 Å². The average molecular weight is 324 g/mol. The average Bonchev–Trinajstić information content (AvgIpc) is 2.63. The van der Waals surface area contributed by atoms with Crippen LogP contribution >= 0.6 is 12.2 Å². The second kappa shape index (κ2) is 7.03. The van der Waals surface area contributed by atoms with Crippen LogP contribution in [0.15, 0.2) is 42.9 Å². The Hall–Kier alpha value is -2.72. The number of piperazine rings is 1. The Kier molecular flexibility index (Phi) is 4.64. The highest BCUT2D eigenvalue weighted by atomic mass is 32.1. The van der Waals surface area contributed by atoms with Gasteiger partial charge in [0.15, 0.2) is 5.11 Å². The highest BCUT2D eigenvalue weighted by molar-refractivity contribution is 7.80. The van der Waals surface area contributed by atoms with Crippen molar-refractivity contribution < 1.29 is 0 Å². The molecular formula is C16H16N6S. The molecule has 23 heavy (non-hydrogen) atoms. The third kappa shape index (κ3) is 3.73. The zero-order valence-corrected chi connectivity index (χ0v) is 13.3. The molecule has 0 radical (unpaired) electrons. The van der Waals surface area contributed by atoms with Gasteiger partial charge >= 0.3 is 0 Å². The summed E-state index contributed by atoms with van der Waals surface area (Å²) in [6.07, 6.45) is 5.16. The fourth-order valence-corrected chi connectivity index (χ4v) is 2.76. The van der Waals surface area contributed by atoms with Gasteiger partial charge in [-0.05, 0) is 30.4 Å². The predicted octanol–water partition coefficient (Wildman–Crippen LogP) is 1.87. The summed E-state index contributed by atoms with van der Waals surface area (Å²) in [4.78, 5) is 12.8. The molecule has 2 heterocycles. The van der Waals surface area contributed by atoms with E-state index in [0.29, 0.717) is 10.7 Å². The van der Waals surface area contributed by atoms with Gasteiger partial charge in [0.25, 0.3) is 0 Å². The van der Waals surface area contributed by atoms with Crippen molar-refractivity contribution in [2.45, 2.75) is 0 Å². The van der Waals surface area contributed by atoms with Crippen molar-refractivity contribution in [1.82, 2.24) is 14.9 Å². The Morgan fingerprint density at radius 2 is 2.04 bits per heavy atom. The molecule has 0 atom stereocenters. The highest BCUT2D eigenvalue weighted by Crippen LogP contribution is 2.14. The summed E-state index contributed by atoms with van der Waals surface area (Å²) in [5.41, 5.74) is 1.45. The maximum Gasteiger partial charge on any atom is 0.173 e. The van der Waals surface area contributed by atoms with Crippen LogP contribution in [-0.2, 0) is 0 Å². The summed E-state index contributed by atoms with van der Waals surface area (Å²) in [5, 5.41) is 12.8. The maximum absolute atomic E-state index is 8.94. The molecule has 1 fully saturated rings. The van der Waals surface area contributed by atoms with Crippen LogP contribution in [0, 0.1) is 11.3 Å². The fourth-order valence-electron chi connectivity index (χ4n) is 2.46. The first kappa shape index (κ1) is 15.2. The van der Waals surface area contributed by atoms with E-state index in [1.165, 1.54) is 0 Å². The lowest BCUT2D eigenvalue weighted by atomic mass is 10.2. The number of hydrogen-bond donors (Lipinski definition) is 1. The number of rotatable bonds is 2. The maximum atomic E-state index is 8.94. The van der Waals surface area contributed by atoms with Gasteiger partial charge in [0.1, 0.15) is 5.82 Å². The molecular weight excluding hydrogens is 308 g/mol. The molecule has 0 amide bonds. The van der Waals surface area contributed by atoms with E-state index in [2.05, 4.69) is 31.2 Å². The summed E-state index contributed by atoms with van der Waals surface area (Å²) < 4.78 is 0. The summed E-state index contributed by atoms with van der Waals surface area (Å²) >= 11 is 5.48.